The third kappa shape index (κ3) is 3.44. The largest absolute Gasteiger partial charge is 0.489 e. The Balaban J connectivity index is 1.77. The van der Waals surface area contributed by atoms with E-state index in [4.69, 9.17) is 26.8 Å². The van der Waals surface area contributed by atoms with Gasteiger partial charge in [0.2, 0.25) is 0 Å². The van der Waals surface area contributed by atoms with Gasteiger partial charge < -0.3 is 15.2 Å². The molecule has 2 aliphatic rings. The molecular weight excluding hydrogens is 288 g/mol. The van der Waals surface area contributed by atoms with Crippen molar-refractivity contribution in [1.82, 2.24) is 4.90 Å². The molecular formula is C16H23ClN2O2. The monoisotopic (exact) mass is 310 g/mol. The fourth-order valence-electron chi connectivity index (χ4n) is 3.10. The van der Waals surface area contributed by atoms with Crippen LogP contribution < -0.4 is 15.2 Å². The third-order valence-corrected chi connectivity index (χ3v) is 4.58. The highest BCUT2D eigenvalue weighted by atomic mass is 35.5. The Hall–Kier alpha value is -0.970. The molecule has 2 atom stereocenters. The van der Waals surface area contributed by atoms with Crippen LogP contribution in [-0.2, 0) is 6.54 Å². The fraction of sp³-hybridized carbons (Fsp3) is 0.625. The molecule has 2 N–H and O–H groups in total. The lowest BCUT2D eigenvalue weighted by Gasteiger charge is -2.36. The number of rotatable bonds is 2. The Morgan fingerprint density at radius 1 is 1.33 bits per heavy atom. The van der Waals surface area contributed by atoms with Crippen LogP contribution in [0.4, 0.5) is 0 Å². The Labute approximate surface area is 131 Å². The summed E-state index contributed by atoms with van der Waals surface area (Å²) in [4.78, 5) is 2.46. The molecule has 1 fully saturated rings. The van der Waals surface area contributed by atoms with Crippen molar-refractivity contribution >= 4 is 11.6 Å². The summed E-state index contributed by atoms with van der Waals surface area (Å²) in [5.41, 5.74) is 7.20. The van der Waals surface area contributed by atoms with Crippen molar-refractivity contribution in [3.05, 3.63) is 22.7 Å². The quantitative estimate of drug-likeness (QED) is 0.912. The zero-order valence-electron chi connectivity index (χ0n) is 12.5. The summed E-state index contributed by atoms with van der Waals surface area (Å²) >= 11 is 6.35. The van der Waals surface area contributed by atoms with E-state index in [1.54, 1.807) is 0 Å². The Morgan fingerprint density at radius 2 is 2.14 bits per heavy atom. The molecule has 0 aromatic heterocycles. The van der Waals surface area contributed by atoms with Crippen LogP contribution in [0, 0.1) is 0 Å². The molecule has 1 aromatic rings. The van der Waals surface area contributed by atoms with E-state index in [1.807, 2.05) is 6.07 Å². The van der Waals surface area contributed by atoms with Gasteiger partial charge in [0.1, 0.15) is 0 Å². The molecule has 1 aromatic carbocycles. The first-order valence-corrected chi connectivity index (χ1v) is 8.09. The summed E-state index contributed by atoms with van der Waals surface area (Å²) in [6.07, 6.45) is 3.00. The van der Waals surface area contributed by atoms with Crippen LogP contribution in [0.1, 0.15) is 31.7 Å². The van der Waals surface area contributed by atoms with Gasteiger partial charge in [-0.25, -0.2) is 0 Å². The number of hydrogen-bond donors (Lipinski definition) is 1. The maximum absolute atomic E-state index is 6.35. The highest BCUT2D eigenvalue weighted by molar-refractivity contribution is 6.32. The molecule has 0 spiro atoms. The Morgan fingerprint density at radius 3 is 2.95 bits per heavy atom. The van der Waals surface area contributed by atoms with Gasteiger partial charge in [0.25, 0.3) is 0 Å². The minimum absolute atomic E-state index is 0.337. The molecule has 5 heteroatoms. The summed E-state index contributed by atoms with van der Waals surface area (Å²) in [6.45, 7) is 5.50. The molecule has 2 heterocycles. The van der Waals surface area contributed by atoms with Crippen LogP contribution >= 0.6 is 11.6 Å². The second-order valence-electron chi connectivity index (χ2n) is 6.06. The topological polar surface area (TPSA) is 47.7 Å². The second kappa shape index (κ2) is 6.42. The van der Waals surface area contributed by atoms with Gasteiger partial charge in [0, 0.05) is 31.6 Å². The smallest absolute Gasteiger partial charge is 0.179 e. The van der Waals surface area contributed by atoms with E-state index in [9.17, 15) is 0 Å². The predicted molar refractivity (Wildman–Crippen MR) is 84.1 cm³/mol. The number of halogens is 1. The molecule has 0 amide bonds. The number of nitrogens with zero attached hydrogens (tertiary/aromatic N) is 1. The highest BCUT2D eigenvalue weighted by Crippen LogP contribution is 2.38. The predicted octanol–water partition coefficient (Wildman–Crippen LogP) is 2.81. The molecule has 21 heavy (non-hydrogen) atoms. The second-order valence-corrected chi connectivity index (χ2v) is 6.47. The Bertz CT molecular complexity index is 509. The van der Waals surface area contributed by atoms with Crippen LogP contribution in [-0.4, -0.2) is 36.7 Å². The molecule has 0 saturated carbocycles. The van der Waals surface area contributed by atoms with Gasteiger partial charge in [-0.05, 0) is 37.5 Å². The summed E-state index contributed by atoms with van der Waals surface area (Å²) in [6, 6.07) is 4.90. The van der Waals surface area contributed by atoms with Crippen LogP contribution in [0.15, 0.2) is 12.1 Å². The summed E-state index contributed by atoms with van der Waals surface area (Å²) < 4.78 is 11.4. The molecule has 2 aliphatic heterocycles. The van der Waals surface area contributed by atoms with Gasteiger partial charge in [0.15, 0.2) is 11.5 Å². The lowest BCUT2D eigenvalue weighted by Crippen LogP contribution is -2.44. The van der Waals surface area contributed by atoms with Crippen LogP contribution in [0.3, 0.4) is 0 Å². The number of benzene rings is 1. The van der Waals surface area contributed by atoms with Crippen molar-refractivity contribution in [1.29, 1.82) is 0 Å². The zero-order valence-corrected chi connectivity index (χ0v) is 13.2. The number of fused-ring (bicyclic) bond motifs is 1. The fourth-order valence-corrected chi connectivity index (χ4v) is 3.39. The number of likely N-dealkylation sites (tertiary alicyclic amines) is 1. The normalized spacial score (nSPS) is 26.4. The summed E-state index contributed by atoms with van der Waals surface area (Å²) in [7, 11) is 0. The standard InChI is InChI=1S/C16H23ClN2O2/c1-11-7-13(18)3-4-19(11)10-12-8-14(17)16-15(9-12)20-5-2-6-21-16/h8-9,11,13H,2-7,10,18H2,1H3. The van der Waals surface area contributed by atoms with Gasteiger partial charge >= 0.3 is 0 Å². The van der Waals surface area contributed by atoms with Gasteiger partial charge in [-0.2, -0.15) is 0 Å². The van der Waals surface area contributed by atoms with E-state index in [1.165, 1.54) is 5.56 Å². The van der Waals surface area contributed by atoms with Crippen LogP contribution in [0.5, 0.6) is 11.5 Å². The maximum atomic E-state index is 6.35. The van der Waals surface area contributed by atoms with Crippen molar-refractivity contribution in [2.24, 2.45) is 5.73 Å². The van der Waals surface area contributed by atoms with Crippen LogP contribution in [0.2, 0.25) is 5.02 Å². The van der Waals surface area contributed by atoms with Crippen LogP contribution in [0.25, 0.3) is 0 Å². The molecule has 4 nitrogen and oxygen atoms in total. The molecule has 2 unspecified atom stereocenters. The first-order chi connectivity index (χ1) is 10.1. The lowest BCUT2D eigenvalue weighted by molar-refractivity contribution is 0.140. The number of hydrogen-bond acceptors (Lipinski definition) is 4. The minimum Gasteiger partial charge on any atom is -0.489 e. The van der Waals surface area contributed by atoms with Gasteiger partial charge in [-0.3, -0.25) is 4.90 Å². The third-order valence-electron chi connectivity index (χ3n) is 4.30. The number of ether oxygens (including phenoxy) is 2. The Kier molecular flexibility index (Phi) is 4.57. The first kappa shape index (κ1) is 14.9. The molecule has 0 aliphatic carbocycles. The lowest BCUT2D eigenvalue weighted by atomic mass is 9.98. The van der Waals surface area contributed by atoms with Crippen molar-refractivity contribution in [2.75, 3.05) is 19.8 Å². The molecule has 116 valence electrons. The van der Waals surface area contributed by atoms with E-state index in [0.717, 1.165) is 38.1 Å². The van der Waals surface area contributed by atoms with Crippen molar-refractivity contribution in [2.45, 2.75) is 44.8 Å². The van der Waals surface area contributed by atoms with E-state index in [0.29, 0.717) is 36.1 Å². The zero-order chi connectivity index (χ0) is 14.8. The molecule has 0 radical (unpaired) electrons. The molecule has 0 bridgehead atoms. The molecule has 1 saturated heterocycles. The first-order valence-electron chi connectivity index (χ1n) is 7.71. The van der Waals surface area contributed by atoms with Gasteiger partial charge in [-0.15, -0.1) is 0 Å². The van der Waals surface area contributed by atoms with Crippen molar-refractivity contribution in [3.8, 4) is 11.5 Å². The average Bonchev–Trinajstić information content (AvgIpc) is 2.68. The highest BCUT2D eigenvalue weighted by Gasteiger charge is 2.24. The van der Waals surface area contributed by atoms with E-state index < -0.39 is 0 Å². The minimum atomic E-state index is 0.337. The van der Waals surface area contributed by atoms with E-state index >= 15 is 0 Å². The maximum Gasteiger partial charge on any atom is 0.179 e. The SMILES string of the molecule is CC1CC(N)CCN1Cc1cc(Cl)c2c(c1)OCCCO2. The summed E-state index contributed by atoms with van der Waals surface area (Å²) in [5.74, 6) is 1.46. The van der Waals surface area contributed by atoms with E-state index in [2.05, 4.69) is 17.9 Å². The van der Waals surface area contributed by atoms with Crippen molar-refractivity contribution in [3.63, 3.8) is 0 Å². The molecule has 3 rings (SSSR count). The number of nitrogens with two attached hydrogens (primary N) is 1. The van der Waals surface area contributed by atoms with Gasteiger partial charge in [-0.1, -0.05) is 11.6 Å². The van der Waals surface area contributed by atoms with Crippen molar-refractivity contribution < 1.29 is 9.47 Å². The van der Waals surface area contributed by atoms with E-state index in [-0.39, 0.29) is 0 Å². The van der Waals surface area contributed by atoms with Gasteiger partial charge in [0.05, 0.1) is 18.2 Å². The summed E-state index contributed by atoms with van der Waals surface area (Å²) in [5, 5.41) is 0.644. The number of piperidine rings is 1. The average molecular weight is 311 g/mol.